The van der Waals surface area contributed by atoms with E-state index in [4.69, 9.17) is 13.3 Å². The second kappa shape index (κ2) is 19.4. The van der Waals surface area contributed by atoms with E-state index in [2.05, 4.69) is 13.8 Å². The van der Waals surface area contributed by atoms with E-state index in [0.717, 1.165) is 18.4 Å². The van der Waals surface area contributed by atoms with Crippen LogP contribution >= 0.6 is 0 Å². The maximum Gasteiger partial charge on any atom is 0.500 e. The van der Waals surface area contributed by atoms with Gasteiger partial charge in [-0.05, 0) is 12.3 Å². The van der Waals surface area contributed by atoms with Crippen LogP contribution in [0.4, 0.5) is 0 Å². The van der Waals surface area contributed by atoms with Crippen LogP contribution in [0, 0.1) is 5.92 Å². The van der Waals surface area contributed by atoms with Crippen LogP contribution in [0.25, 0.3) is 0 Å². The third-order valence-electron chi connectivity index (χ3n) is 5.70. The minimum absolute atomic E-state index is 0.883. The molecule has 0 heterocycles. The predicted molar refractivity (Wildman–Crippen MR) is 120 cm³/mol. The Morgan fingerprint density at radius 1 is 0.481 bits per heavy atom. The first kappa shape index (κ1) is 27.1. The number of unbranched alkanes of at least 4 members (excludes halogenated alkanes) is 14. The molecule has 0 aliphatic heterocycles. The Hall–Kier alpha value is 0.0969. The van der Waals surface area contributed by atoms with Gasteiger partial charge in [0.15, 0.2) is 0 Å². The van der Waals surface area contributed by atoms with Gasteiger partial charge in [0.05, 0.1) is 0 Å². The summed E-state index contributed by atoms with van der Waals surface area (Å²) in [6.07, 6.45) is 22.4. The SMILES string of the molecule is CO[Si](CCCCCCCCCCCCCCCCCC(C)C)(OC)OC. The van der Waals surface area contributed by atoms with E-state index in [0.29, 0.717) is 0 Å². The van der Waals surface area contributed by atoms with Crippen LogP contribution in [0.2, 0.25) is 6.04 Å². The molecule has 0 bridgehead atoms. The van der Waals surface area contributed by atoms with Gasteiger partial charge >= 0.3 is 8.80 Å². The molecule has 0 aliphatic carbocycles. The maximum absolute atomic E-state index is 5.46. The molecule has 0 N–H and O–H groups in total. The predicted octanol–water partition coefficient (Wildman–Crippen LogP) is 7.76. The zero-order valence-electron chi connectivity index (χ0n) is 19.3. The molecule has 0 saturated heterocycles. The highest BCUT2D eigenvalue weighted by atomic mass is 28.4. The van der Waals surface area contributed by atoms with Gasteiger partial charge in [0.25, 0.3) is 0 Å². The Morgan fingerprint density at radius 3 is 1.07 bits per heavy atom. The lowest BCUT2D eigenvalue weighted by Gasteiger charge is -2.24. The molecule has 0 aromatic rings. The third kappa shape index (κ3) is 16.7. The molecule has 0 unspecified atom stereocenters. The molecule has 0 aromatic carbocycles. The third-order valence-corrected chi connectivity index (χ3v) is 8.53. The summed E-state index contributed by atoms with van der Waals surface area (Å²) in [7, 11) is 2.78. The minimum Gasteiger partial charge on any atom is -0.377 e. The van der Waals surface area contributed by atoms with Crippen molar-refractivity contribution in [2.75, 3.05) is 21.3 Å². The molecule has 0 atom stereocenters. The van der Waals surface area contributed by atoms with Crippen LogP contribution in [0.3, 0.4) is 0 Å². The molecule has 3 nitrogen and oxygen atoms in total. The first-order valence-electron chi connectivity index (χ1n) is 11.8. The smallest absolute Gasteiger partial charge is 0.377 e. The van der Waals surface area contributed by atoms with Gasteiger partial charge in [-0.3, -0.25) is 0 Å². The first-order chi connectivity index (χ1) is 13.1. The van der Waals surface area contributed by atoms with Crippen LogP contribution in [0.5, 0.6) is 0 Å². The fourth-order valence-corrected chi connectivity index (χ4v) is 5.54. The zero-order valence-corrected chi connectivity index (χ0v) is 20.3. The van der Waals surface area contributed by atoms with Gasteiger partial charge in [-0.25, -0.2) is 0 Å². The average molecular weight is 403 g/mol. The molecule has 0 fully saturated rings. The molecule has 0 saturated carbocycles. The number of rotatable bonds is 21. The second-order valence-electron chi connectivity index (χ2n) is 8.53. The van der Waals surface area contributed by atoms with Gasteiger partial charge in [-0.2, -0.15) is 0 Å². The second-order valence-corrected chi connectivity index (χ2v) is 11.6. The van der Waals surface area contributed by atoms with Gasteiger partial charge in [0, 0.05) is 27.4 Å². The zero-order chi connectivity index (χ0) is 20.2. The van der Waals surface area contributed by atoms with Crippen molar-refractivity contribution in [2.45, 2.75) is 123 Å². The standard InChI is InChI=1S/C23H50O3Si/c1-23(2)21-19-17-15-13-11-9-7-6-8-10-12-14-16-18-20-22-27(24-3,25-4)26-5/h23H,6-22H2,1-5H3. The number of hydrogen-bond donors (Lipinski definition) is 0. The quantitative estimate of drug-likeness (QED) is 0.145. The Morgan fingerprint density at radius 2 is 0.778 bits per heavy atom. The summed E-state index contributed by atoms with van der Waals surface area (Å²) < 4.78 is 16.4. The van der Waals surface area contributed by atoms with Crippen LogP contribution in [-0.2, 0) is 13.3 Å². The molecule has 164 valence electrons. The highest BCUT2D eigenvalue weighted by molar-refractivity contribution is 6.60. The maximum atomic E-state index is 5.46. The van der Waals surface area contributed by atoms with E-state index in [-0.39, 0.29) is 0 Å². The monoisotopic (exact) mass is 402 g/mol. The van der Waals surface area contributed by atoms with E-state index in [1.165, 1.54) is 96.3 Å². The molecule has 0 amide bonds. The van der Waals surface area contributed by atoms with Gasteiger partial charge in [-0.1, -0.05) is 110 Å². The fraction of sp³-hybridized carbons (Fsp3) is 1.00. The van der Waals surface area contributed by atoms with E-state index in [1.54, 1.807) is 21.3 Å². The molecule has 0 spiro atoms. The molecular weight excluding hydrogens is 352 g/mol. The lowest BCUT2D eigenvalue weighted by Crippen LogP contribution is -2.42. The van der Waals surface area contributed by atoms with Crippen molar-refractivity contribution in [3.05, 3.63) is 0 Å². The van der Waals surface area contributed by atoms with Gasteiger partial charge in [0.2, 0.25) is 0 Å². The van der Waals surface area contributed by atoms with Crippen molar-refractivity contribution in [2.24, 2.45) is 5.92 Å². The summed E-state index contributed by atoms with van der Waals surface area (Å²) in [5, 5.41) is 0. The minimum atomic E-state index is -2.33. The first-order valence-corrected chi connectivity index (χ1v) is 13.7. The molecular formula is C23H50O3Si. The Balaban J connectivity index is 3.21. The van der Waals surface area contributed by atoms with Crippen molar-refractivity contribution in [3.8, 4) is 0 Å². The van der Waals surface area contributed by atoms with Crippen molar-refractivity contribution in [1.29, 1.82) is 0 Å². The van der Waals surface area contributed by atoms with Crippen LogP contribution in [0.1, 0.15) is 117 Å². The van der Waals surface area contributed by atoms with Crippen molar-refractivity contribution in [3.63, 3.8) is 0 Å². The van der Waals surface area contributed by atoms with Crippen LogP contribution < -0.4 is 0 Å². The summed E-state index contributed by atoms with van der Waals surface area (Å²) in [4.78, 5) is 0. The molecule has 0 radical (unpaired) electrons. The highest BCUT2D eigenvalue weighted by Crippen LogP contribution is 2.19. The summed E-state index contributed by atoms with van der Waals surface area (Å²) in [5.41, 5.74) is 0. The van der Waals surface area contributed by atoms with E-state index in [9.17, 15) is 0 Å². The van der Waals surface area contributed by atoms with Crippen molar-refractivity contribution < 1.29 is 13.3 Å². The van der Waals surface area contributed by atoms with Crippen LogP contribution in [-0.4, -0.2) is 30.1 Å². The van der Waals surface area contributed by atoms with Gasteiger partial charge in [0.1, 0.15) is 0 Å². The van der Waals surface area contributed by atoms with E-state index < -0.39 is 8.80 Å². The topological polar surface area (TPSA) is 27.7 Å². The lowest BCUT2D eigenvalue weighted by atomic mass is 10.0. The normalized spacial score (nSPS) is 12.2. The summed E-state index contributed by atoms with van der Waals surface area (Å²) in [5.74, 6) is 0.883. The highest BCUT2D eigenvalue weighted by Gasteiger charge is 2.36. The molecule has 0 rings (SSSR count). The Bertz CT molecular complexity index is 285. The van der Waals surface area contributed by atoms with Gasteiger partial charge < -0.3 is 13.3 Å². The van der Waals surface area contributed by atoms with E-state index in [1.807, 2.05) is 0 Å². The van der Waals surface area contributed by atoms with Gasteiger partial charge in [-0.15, -0.1) is 0 Å². The van der Waals surface area contributed by atoms with Crippen LogP contribution in [0.15, 0.2) is 0 Å². The summed E-state index contributed by atoms with van der Waals surface area (Å²) >= 11 is 0. The fourth-order valence-electron chi connectivity index (χ4n) is 3.75. The summed E-state index contributed by atoms with van der Waals surface area (Å²) in [6.45, 7) is 4.66. The van der Waals surface area contributed by atoms with Crippen molar-refractivity contribution in [1.82, 2.24) is 0 Å². The Labute approximate surface area is 172 Å². The average Bonchev–Trinajstić information content (AvgIpc) is 2.67. The van der Waals surface area contributed by atoms with Crippen molar-refractivity contribution >= 4 is 8.80 Å². The van der Waals surface area contributed by atoms with E-state index >= 15 is 0 Å². The largest absolute Gasteiger partial charge is 0.500 e. The summed E-state index contributed by atoms with van der Waals surface area (Å²) in [6, 6.07) is 0.939. The molecule has 4 heteroatoms. The molecule has 0 aliphatic rings. The molecule has 27 heavy (non-hydrogen) atoms. The lowest BCUT2D eigenvalue weighted by molar-refractivity contribution is 0.122. The number of hydrogen-bond acceptors (Lipinski definition) is 3. The molecule has 0 aromatic heterocycles. The Kier molecular flexibility index (Phi) is 19.5.